The molecule has 0 radical (unpaired) electrons. The summed E-state index contributed by atoms with van der Waals surface area (Å²) in [5.41, 5.74) is 3.86. The molecular weight excluding hydrogens is 427 g/mol. The molecule has 0 bridgehead atoms. The molecule has 3 aromatic heterocycles. The average molecular weight is 447 g/mol. The molecule has 1 atom stereocenters. The fraction of sp³-hybridized carbons (Fsp3) is 0.217. The third kappa shape index (κ3) is 3.48. The second kappa shape index (κ2) is 8.09. The molecule has 32 heavy (non-hydrogen) atoms. The Hall–Kier alpha value is -3.14. The molecule has 0 aliphatic carbocycles. The van der Waals surface area contributed by atoms with Gasteiger partial charge in [-0.3, -0.25) is 9.88 Å². The van der Waals surface area contributed by atoms with Crippen molar-refractivity contribution in [3.8, 4) is 22.5 Å². The number of pyridine rings is 2. The normalized spacial score (nSPS) is 18.2. The van der Waals surface area contributed by atoms with Gasteiger partial charge in [-0.15, -0.1) is 5.10 Å². The number of morpholine rings is 1. The molecule has 0 N–H and O–H groups in total. The molecule has 0 saturated carbocycles. The first-order valence-electron chi connectivity index (χ1n) is 10.4. The van der Waals surface area contributed by atoms with E-state index in [2.05, 4.69) is 16.0 Å². The Labute approximate surface area is 188 Å². The molecule has 5 heterocycles. The monoisotopic (exact) mass is 446 g/mol. The fourth-order valence-electron chi connectivity index (χ4n) is 4.09. The summed E-state index contributed by atoms with van der Waals surface area (Å²) in [6, 6.07) is 12.5. The molecule has 0 unspecified atom stereocenters. The van der Waals surface area contributed by atoms with Gasteiger partial charge in [-0.2, -0.15) is 0 Å². The molecule has 0 spiro atoms. The van der Waals surface area contributed by atoms with Crippen LogP contribution >= 0.6 is 11.8 Å². The first-order valence-corrected chi connectivity index (χ1v) is 11.2. The van der Waals surface area contributed by atoms with Gasteiger partial charge in [0.15, 0.2) is 11.0 Å². The summed E-state index contributed by atoms with van der Waals surface area (Å²) in [6.45, 7) is 2.93. The van der Waals surface area contributed by atoms with Gasteiger partial charge in [0.05, 0.1) is 13.2 Å². The standard InChI is InChI=1S/C23H19FN6OS/c24-18-3-1-15(2-4-18)17-13-19-21(26-14-17)32-23-27-20(16-5-7-25-8-6-16)28-30(23)22(19)29-9-11-31-12-10-29/h1-8,13-14,22H,9-12H2/t22-/m1/s1. The Morgan fingerprint density at radius 2 is 1.75 bits per heavy atom. The number of rotatable bonds is 3. The zero-order chi connectivity index (χ0) is 21.5. The van der Waals surface area contributed by atoms with Crippen molar-refractivity contribution in [3.63, 3.8) is 0 Å². The van der Waals surface area contributed by atoms with Gasteiger partial charge in [0.2, 0.25) is 0 Å². The zero-order valence-electron chi connectivity index (χ0n) is 17.1. The molecule has 0 amide bonds. The molecule has 7 nitrogen and oxygen atoms in total. The van der Waals surface area contributed by atoms with Gasteiger partial charge in [0, 0.05) is 48.4 Å². The maximum absolute atomic E-state index is 13.4. The van der Waals surface area contributed by atoms with Crippen LogP contribution in [0.5, 0.6) is 0 Å². The summed E-state index contributed by atoms with van der Waals surface area (Å²) < 4.78 is 21.0. The van der Waals surface area contributed by atoms with E-state index in [1.54, 1.807) is 24.5 Å². The van der Waals surface area contributed by atoms with E-state index in [0.717, 1.165) is 45.5 Å². The van der Waals surface area contributed by atoms with Crippen molar-refractivity contribution < 1.29 is 9.13 Å². The molecule has 2 aliphatic rings. The Kier molecular flexibility index (Phi) is 4.94. The van der Waals surface area contributed by atoms with Crippen LogP contribution in [-0.4, -0.2) is 55.9 Å². The van der Waals surface area contributed by atoms with E-state index in [0.29, 0.717) is 19.0 Å². The van der Waals surface area contributed by atoms with Crippen molar-refractivity contribution in [3.05, 3.63) is 72.4 Å². The van der Waals surface area contributed by atoms with Gasteiger partial charge >= 0.3 is 0 Å². The SMILES string of the molecule is Fc1ccc(-c2cnc3c(c2)[C@H](N2CCOCC2)n2nc(-c4ccncc4)nc2S3)cc1. The number of ether oxygens (including phenoxy) is 1. The van der Waals surface area contributed by atoms with Crippen molar-refractivity contribution in [2.24, 2.45) is 0 Å². The van der Waals surface area contributed by atoms with E-state index >= 15 is 0 Å². The number of hydrogen-bond acceptors (Lipinski definition) is 7. The minimum Gasteiger partial charge on any atom is -0.379 e. The number of halogens is 1. The Balaban J connectivity index is 1.47. The molecule has 1 aromatic carbocycles. The van der Waals surface area contributed by atoms with E-state index in [9.17, 15) is 4.39 Å². The Morgan fingerprint density at radius 1 is 0.969 bits per heavy atom. The van der Waals surface area contributed by atoms with Crippen LogP contribution in [0.4, 0.5) is 4.39 Å². The van der Waals surface area contributed by atoms with E-state index < -0.39 is 0 Å². The van der Waals surface area contributed by atoms with Crippen LogP contribution in [-0.2, 0) is 4.74 Å². The van der Waals surface area contributed by atoms with E-state index in [-0.39, 0.29) is 12.0 Å². The summed E-state index contributed by atoms with van der Waals surface area (Å²) in [4.78, 5) is 16.0. The van der Waals surface area contributed by atoms with Crippen LogP contribution in [0.25, 0.3) is 22.5 Å². The molecule has 160 valence electrons. The molecule has 2 aliphatic heterocycles. The van der Waals surface area contributed by atoms with Gasteiger partial charge in [-0.05, 0) is 47.7 Å². The minimum atomic E-state index is -0.252. The average Bonchev–Trinajstić information content (AvgIpc) is 3.27. The lowest BCUT2D eigenvalue weighted by molar-refractivity contribution is 0.00286. The molecule has 1 saturated heterocycles. The summed E-state index contributed by atoms with van der Waals surface area (Å²) in [6.07, 6.45) is 5.19. The van der Waals surface area contributed by atoms with Crippen LogP contribution in [0.15, 0.2) is 71.2 Å². The van der Waals surface area contributed by atoms with Crippen LogP contribution in [0, 0.1) is 5.82 Å². The predicted molar refractivity (Wildman–Crippen MR) is 118 cm³/mol. The van der Waals surface area contributed by atoms with Gasteiger partial charge in [0.1, 0.15) is 17.0 Å². The highest BCUT2D eigenvalue weighted by Gasteiger charge is 2.35. The van der Waals surface area contributed by atoms with E-state index in [4.69, 9.17) is 19.8 Å². The number of benzene rings is 1. The Morgan fingerprint density at radius 3 is 2.53 bits per heavy atom. The third-order valence-electron chi connectivity index (χ3n) is 5.68. The van der Waals surface area contributed by atoms with Crippen molar-refractivity contribution in [2.75, 3.05) is 26.3 Å². The smallest absolute Gasteiger partial charge is 0.194 e. The summed E-state index contributed by atoms with van der Waals surface area (Å²) in [5, 5.41) is 6.61. The number of aromatic nitrogens is 5. The lowest BCUT2D eigenvalue weighted by Crippen LogP contribution is -2.43. The van der Waals surface area contributed by atoms with Crippen LogP contribution in [0.3, 0.4) is 0 Å². The largest absolute Gasteiger partial charge is 0.379 e. The van der Waals surface area contributed by atoms with E-state index in [1.807, 2.05) is 23.0 Å². The summed E-state index contributed by atoms with van der Waals surface area (Å²) >= 11 is 1.52. The molecular formula is C23H19FN6OS. The molecule has 4 aromatic rings. The highest BCUT2D eigenvalue weighted by atomic mass is 32.2. The maximum atomic E-state index is 13.4. The highest BCUT2D eigenvalue weighted by molar-refractivity contribution is 7.99. The van der Waals surface area contributed by atoms with Gasteiger partial charge < -0.3 is 4.74 Å². The van der Waals surface area contributed by atoms with Crippen molar-refractivity contribution in [1.29, 1.82) is 0 Å². The van der Waals surface area contributed by atoms with Crippen LogP contribution in [0.2, 0.25) is 0 Å². The second-order valence-electron chi connectivity index (χ2n) is 7.65. The second-order valence-corrected chi connectivity index (χ2v) is 8.60. The van der Waals surface area contributed by atoms with Gasteiger partial charge in [-0.1, -0.05) is 12.1 Å². The third-order valence-corrected chi connectivity index (χ3v) is 6.68. The van der Waals surface area contributed by atoms with Crippen LogP contribution in [0.1, 0.15) is 11.7 Å². The number of nitrogens with zero attached hydrogens (tertiary/aromatic N) is 6. The molecule has 9 heteroatoms. The van der Waals surface area contributed by atoms with Gasteiger partial charge in [0.25, 0.3) is 0 Å². The number of hydrogen-bond donors (Lipinski definition) is 0. The minimum absolute atomic E-state index is 0.138. The quantitative estimate of drug-likeness (QED) is 0.473. The van der Waals surface area contributed by atoms with Crippen molar-refractivity contribution in [2.45, 2.75) is 16.3 Å². The maximum Gasteiger partial charge on any atom is 0.194 e. The van der Waals surface area contributed by atoms with E-state index in [1.165, 1.54) is 23.9 Å². The Bertz CT molecular complexity index is 1260. The molecule has 1 fully saturated rings. The van der Waals surface area contributed by atoms with Gasteiger partial charge in [-0.25, -0.2) is 19.0 Å². The summed E-state index contributed by atoms with van der Waals surface area (Å²) in [7, 11) is 0. The predicted octanol–water partition coefficient (Wildman–Crippen LogP) is 3.88. The lowest BCUT2D eigenvalue weighted by atomic mass is 10.0. The highest BCUT2D eigenvalue weighted by Crippen LogP contribution is 2.43. The zero-order valence-corrected chi connectivity index (χ0v) is 17.9. The topological polar surface area (TPSA) is 69.0 Å². The van der Waals surface area contributed by atoms with Crippen LogP contribution < -0.4 is 0 Å². The van der Waals surface area contributed by atoms with Crippen molar-refractivity contribution >= 4 is 11.8 Å². The lowest BCUT2D eigenvalue weighted by Gasteiger charge is -2.37. The fourth-order valence-corrected chi connectivity index (χ4v) is 5.02. The first kappa shape index (κ1) is 19.5. The van der Waals surface area contributed by atoms with Crippen molar-refractivity contribution in [1.82, 2.24) is 29.6 Å². The summed E-state index contributed by atoms with van der Waals surface area (Å²) in [5.74, 6) is 0.414. The first-order chi connectivity index (χ1) is 15.8. The number of fused-ring (bicyclic) bond motifs is 2. The molecule has 6 rings (SSSR count).